The minimum absolute atomic E-state index is 0.0800. The highest BCUT2D eigenvalue weighted by Crippen LogP contribution is 2.22. The van der Waals surface area contributed by atoms with Gasteiger partial charge in [0.25, 0.3) is 0 Å². The number of nitrogens with two attached hydrogens (primary N) is 2. The minimum atomic E-state index is -0.436. The van der Waals surface area contributed by atoms with Crippen molar-refractivity contribution in [1.29, 1.82) is 0 Å². The van der Waals surface area contributed by atoms with Crippen molar-refractivity contribution in [2.75, 3.05) is 30.7 Å². The highest BCUT2D eigenvalue weighted by molar-refractivity contribution is 5.96. The molecular weight excluding hydrogens is 268 g/mol. The third kappa shape index (κ3) is 5.83. The molecule has 0 aliphatic carbocycles. The Labute approximate surface area is 125 Å². The van der Waals surface area contributed by atoms with Gasteiger partial charge in [0.05, 0.1) is 24.5 Å². The number of unbranched alkanes of at least 4 members (excludes halogenated alkanes) is 1. The summed E-state index contributed by atoms with van der Waals surface area (Å²) in [5, 5.41) is 2.80. The van der Waals surface area contributed by atoms with E-state index in [4.69, 9.17) is 11.5 Å². The number of benzene rings is 1. The van der Waals surface area contributed by atoms with Crippen molar-refractivity contribution in [3.05, 3.63) is 23.8 Å². The topological polar surface area (TPSA) is 101 Å². The number of primary amides is 1. The molecule has 0 aromatic heterocycles. The fraction of sp³-hybridized carbons (Fsp3) is 0.467. The van der Waals surface area contributed by atoms with Crippen molar-refractivity contribution in [2.45, 2.75) is 26.7 Å². The lowest BCUT2D eigenvalue weighted by atomic mass is 10.1. The van der Waals surface area contributed by atoms with Gasteiger partial charge in [-0.25, -0.2) is 0 Å². The van der Waals surface area contributed by atoms with Crippen LogP contribution in [0.4, 0.5) is 11.4 Å². The normalized spacial score (nSPS) is 10.6. The van der Waals surface area contributed by atoms with E-state index >= 15 is 0 Å². The second-order valence-electron chi connectivity index (χ2n) is 5.12. The molecule has 0 radical (unpaired) electrons. The molecule has 116 valence electrons. The van der Waals surface area contributed by atoms with Gasteiger partial charge in [-0.3, -0.25) is 14.5 Å². The van der Waals surface area contributed by atoms with Crippen LogP contribution in [-0.4, -0.2) is 36.3 Å². The Balaban J connectivity index is 2.66. The monoisotopic (exact) mass is 292 g/mol. The van der Waals surface area contributed by atoms with Crippen molar-refractivity contribution in [3.8, 4) is 0 Å². The molecule has 1 rings (SSSR count). The molecule has 0 atom stereocenters. The average Bonchev–Trinajstić information content (AvgIpc) is 2.40. The van der Waals surface area contributed by atoms with E-state index in [0.29, 0.717) is 17.9 Å². The Kier molecular flexibility index (Phi) is 6.68. The molecule has 0 bridgehead atoms. The number of carbonyl (C=O) groups is 2. The van der Waals surface area contributed by atoms with Gasteiger partial charge < -0.3 is 16.8 Å². The molecule has 0 heterocycles. The summed E-state index contributed by atoms with van der Waals surface area (Å²) in [5.41, 5.74) is 13.1. The first kappa shape index (κ1) is 17.0. The summed E-state index contributed by atoms with van der Waals surface area (Å²) in [6.45, 7) is 4.80. The second kappa shape index (κ2) is 8.26. The van der Waals surface area contributed by atoms with Crippen molar-refractivity contribution >= 4 is 23.2 Å². The molecule has 6 heteroatoms. The number of amides is 2. The second-order valence-corrected chi connectivity index (χ2v) is 5.12. The number of para-hydroxylation sites is 1. The van der Waals surface area contributed by atoms with Gasteiger partial charge >= 0.3 is 0 Å². The molecule has 6 nitrogen and oxygen atoms in total. The smallest absolute Gasteiger partial charge is 0.238 e. The molecule has 5 N–H and O–H groups in total. The maximum atomic E-state index is 12.1. The van der Waals surface area contributed by atoms with Crippen molar-refractivity contribution in [1.82, 2.24) is 4.90 Å². The van der Waals surface area contributed by atoms with Crippen LogP contribution >= 0.6 is 0 Å². The number of nitrogens with zero attached hydrogens (tertiary/aromatic N) is 1. The quantitative estimate of drug-likeness (QED) is 0.624. The van der Waals surface area contributed by atoms with E-state index in [0.717, 1.165) is 18.4 Å². The summed E-state index contributed by atoms with van der Waals surface area (Å²) in [6.07, 6.45) is 1.90. The lowest BCUT2D eigenvalue weighted by molar-refractivity contribution is -0.121. The lowest BCUT2D eigenvalue weighted by Crippen LogP contribution is -2.39. The first-order valence-electron chi connectivity index (χ1n) is 7.09. The van der Waals surface area contributed by atoms with Crippen LogP contribution in [0.5, 0.6) is 0 Å². The molecule has 1 aromatic rings. The predicted molar refractivity (Wildman–Crippen MR) is 84.8 cm³/mol. The van der Waals surface area contributed by atoms with E-state index in [1.807, 2.05) is 19.1 Å². The van der Waals surface area contributed by atoms with Crippen molar-refractivity contribution in [2.24, 2.45) is 5.73 Å². The van der Waals surface area contributed by atoms with Crippen LogP contribution in [0.1, 0.15) is 25.3 Å². The van der Waals surface area contributed by atoms with Gasteiger partial charge in [0.2, 0.25) is 11.8 Å². The van der Waals surface area contributed by atoms with Gasteiger partial charge in [0.15, 0.2) is 0 Å². The number of hydrogen-bond donors (Lipinski definition) is 3. The van der Waals surface area contributed by atoms with Crippen LogP contribution in [0.3, 0.4) is 0 Å². The Morgan fingerprint density at radius 1 is 1.29 bits per heavy atom. The van der Waals surface area contributed by atoms with Gasteiger partial charge in [-0.1, -0.05) is 25.5 Å². The van der Waals surface area contributed by atoms with Gasteiger partial charge in [-0.05, 0) is 31.5 Å². The van der Waals surface area contributed by atoms with Gasteiger partial charge in [0, 0.05) is 0 Å². The average molecular weight is 292 g/mol. The van der Waals surface area contributed by atoms with Crippen LogP contribution < -0.4 is 16.8 Å². The number of aryl methyl sites for hydroxylation is 1. The van der Waals surface area contributed by atoms with Crippen LogP contribution in [0.2, 0.25) is 0 Å². The van der Waals surface area contributed by atoms with E-state index in [-0.39, 0.29) is 19.0 Å². The zero-order valence-electron chi connectivity index (χ0n) is 12.7. The molecule has 2 amide bonds. The third-order valence-electron chi connectivity index (χ3n) is 3.14. The van der Waals surface area contributed by atoms with Crippen LogP contribution in [0.15, 0.2) is 18.2 Å². The molecular formula is C15H24N4O2. The van der Waals surface area contributed by atoms with E-state index in [2.05, 4.69) is 12.2 Å². The molecule has 0 unspecified atom stereocenters. The summed E-state index contributed by atoms with van der Waals surface area (Å²) >= 11 is 0. The minimum Gasteiger partial charge on any atom is -0.397 e. The van der Waals surface area contributed by atoms with E-state index in [1.54, 1.807) is 11.0 Å². The van der Waals surface area contributed by atoms with Crippen LogP contribution in [-0.2, 0) is 9.59 Å². The fourth-order valence-electron chi connectivity index (χ4n) is 2.06. The Morgan fingerprint density at radius 3 is 2.57 bits per heavy atom. The summed E-state index contributed by atoms with van der Waals surface area (Å²) in [5.74, 6) is -0.636. The van der Waals surface area contributed by atoms with Gasteiger partial charge in [-0.2, -0.15) is 0 Å². The van der Waals surface area contributed by atoms with Gasteiger partial charge in [-0.15, -0.1) is 0 Å². The Bertz CT molecular complexity index is 482. The highest BCUT2D eigenvalue weighted by Gasteiger charge is 2.14. The SMILES string of the molecule is CCCCN(CC(N)=O)CC(=O)Nc1c(C)cccc1N. The molecule has 0 aliphatic rings. The zero-order valence-corrected chi connectivity index (χ0v) is 12.7. The first-order chi connectivity index (χ1) is 9.93. The summed E-state index contributed by atoms with van der Waals surface area (Å²) in [7, 11) is 0. The van der Waals surface area contributed by atoms with Crippen LogP contribution in [0, 0.1) is 6.92 Å². The fourth-order valence-corrected chi connectivity index (χ4v) is 2.06. The number of carbonyl (C=O) groups excluding carboxylic acids is 2. The maximum Gasteiger partial charge on any atom is 0.238 e. The maximum absolute atomic E-state index is 12.1. The molecule has 0 saturated carbocycles. The van der Waals surface area contributed by atoms with Crippen molar-refractivity contribution < 1.29 is 9.59 Å². The highest BCUT2D eigenvalue weighted by atomic mass is 16.2. The lowest BCUT2D eigenvalue weighted by Gasteiger charge is -2.20. The summed E-state index contributed by atoms with van der Waals surface area (Å²) in [6, 6.07) is 5.45. The molecule has 21 heavy (non-hydrogen) atoms. The van der Waals surface area contributed by atoms with Crippen molar-refractivity contribution in [3.63, 3.8) is 0 Å². The summed E-state index contributed by atoms with van der Waals surface area (Å²) < 4.78 is 0. The van der Waals surface area contributed by atoms with Crippen LogP contribution in [0.25, 0.3) is 0 Å². The Hall–Kier alpha value is -2.08. The number of anilines is 2. The Morgan fingerprint density at radius 2 is 2.00 bits per heavy atom. The molecule has 0 fully saturated rings. The number of nitrogen functional groups attached to an aromatic ring is 1. The van der Waals surface area contributed by atoms with E-state index < -0.39 is 5.91 Å². The van der Waals surface area contributed by atoms with Gasteiger partial charge in [0.1, 0.15) is 0 Å². The largest absolute Gasteiger partial charge is 0.397 e. The summed E-state index contributed by atoms with van der Waals surface area (Å²) in [4.78, 5) is 24.9. The molecule has 1 aromatic carbocycles. The number of rotatable bonds is 8. The zero-order chi connectivity index (χ0) is 15.8. The molecule has 0 saturated heterocycles. The standard InChI is InChI=1S/C15H24N4O2/c1-3-4-8-19(9-13(17)20)10-14(21)18-15-11(2)6-5-7-12(15)16/h5-7H,3-4,8-10,16H2,1-2H3,(H2,17,20)(H,18,21). The third-order valence-corrected chi connectivity index (χ3v) is 3.14. The number of nitrogens with one attached hydrogen (secondary N) is 1. The first-order valence-corrected chi connectivity index (χ1v) is 7.09. The molecule has 0 aliphatic heterocycles. The molecule has 0 spiro atoms. The number of hydrogen-bond acceptors (Lipinski definition) is 4. The van der Waals surface area contributed by atoms with E-state index in [1.165, 1.54) is 0 Å². The predicted octanol–water partition coefficient (Wildman–Crippen LogP) is 1.10. The van der Waals surface area contributed by atoms with E-state index in [9.17, 15) is 9.59 Å².